The number of nitrogens with two attached hydrogens (primary N) is 1. The SMILES string of the molecule is CCCN(CC1CC1)c1ccc(C(N)=S)c(Cl)c1. The summed E-state index contributed by atoms with van der Waals surface area (Å²) in [7, 11) is 0. The maximum atomic E-state index is 6.23. The van der Waals surface area contributed by atoms with Crippen molar-refractivity contribution in [3.05, 3.63) is 28.8 Å². The molecule has 0 heterocycles. The number of rotatable bonds is 6. The van der Waals surface area contributed by atoms with E-state index in [1.165, 1.54) is 18.5 Å². The lowest BCUT2D eigenvalue weighted by Crippen LogP contribution is -2.26. The molecular weight excluding hydrogens is 264 g/mol. The first-order valence-electron chi connectivity index (χ1n) is 6.46. The molecule has 0 radical (unpaired) electrons. The van der Waals surface area contributed by atoms with Crippen LogP contribution in [0.5, 0.6) is 0 Å². The van der Waals surface area contributed by atoms with Crippen molar-refractivity contribution < 1.29 is 0 Å². The van der Waals surface area contributed by atoms with E-state index < -0.39 is 0 Å². The Labute approximate surface area is 119 Å². The van der Waals surface area contributed by atoms with Gasteiger partial charge in [-0.05, 0) is 43.4 Å². The average molecular weight is 283 g/mol. The second-order valence-electron chi connectivity index (χ2n) is 4.92. The van der Waals surface area contributed by atoms with E-state index in [2.05, 4.69) is 17.9 Å². The van der Waals surface area contributed by atoms with Gasteiger partial charge in [0.2, 0.25) is 0 Å². The highest BCUT2D eigenvalue weighted by Crippen LogP contribution is 2.32. The van der Waals surface area contributed by atoms with Gasteiger partial charge in [0.05, 0.1) is 5.02 Å². The second kappa shape index (κ2) is 5.89. The van der Waals surface area contributed by atoms with Crippen molar-refractivity contribution in [1.29, 1.82) is 0 Å². The molecule has 2 rings (SSSR count). The molecule has 1 fully saturated rings. The summed E-state index contributed by atoms with van der Waals surface area (Å²) in [5, 5.41) is 0.650. The number of hydrogen-bond acceptors (Lipinski definition) is 2. The van der Waals surface area contributed by atoms with Gasteiger partial charge in [0, 0.05) is 24.3 Å². The molecule has 0 aromatic heterocycles. The molecule has 0 bridgehead atoms. The average Bonchev–Trinajstić information content (AvgIpc) is 3.11. The fourth-order valence-corrected chi connectivity index (χ4v) is 2.62. The molecule has 1 aliphatic carbocycles. The Kier molecular flexibility index (Phi) is 4.46. The highest BCUT2D eigenvalue weighted by atomic mass is 35.5. The van der Waals surface area contributed by atoms with Gasteiger partial charge in [0.15, 0.2) is 0 Å². The molecule has 0 amide bonds. The molecule has 2 N–H and O–H groups in total. The van der Waals surface area contributed by atoms with Gasteiger partial charge < -0.3 is 10.6 Å². The summed E-state index contributed by atoms with van der Waals surface area (Å²) < 4.78 is 0. The van der Waals surface area contributed by atoms with Crippen LogP contribution >= 0.6 is 23.8 Å². The van der Waals surface area contributed by atoms with E-state index in [0.717, 1.165) is 31.0 Å². The van der Waals surface area contributed by atoms with Crippen molar-refractivity contribution in [2.24, 2.45) is 11.7 Å². The Morgan fingerprint density at radius 3 is 2.72 bits per heavy atom. The van der Waals surface area contributed by atoms with Crippen LogP contribution in [-0.4, -0.2) is 18.1 Å². The van der Waals surface area contributed by atoms with Crippen LogP contribution in [0.2, 0.25) is 5.02 Å². The molecule has 1 aromatic rings. The lowest BCUT2D eigenvalue weighted by molar-refractivity contribution is 0.708. The molecule has 1 aliphatic rings. The third-order valence-electron chi connectivity index (χ3n) is 3.25. The fraction of sp³-hybridized carbons (Fsp3) is 0.500. The quantitative estimate of drug-likeness (QED) is 0.809. The Balaban J connectivity index is 2.18. The smallest absolute Gasteiger partial charge is 0.105 e. The zero-order valence-electron chi connectivity index (χ0n) is 10.7. The van der Waals surface area contributed by atoms with Crippen LogP contribution in [0.15, 0.2) is 18.2 Å². The van der Waals surface area contributed by atoms with Crippen molar-refractivity contribution in [3.63, 3.8) is 0 Å². The van der Waals surface area contributed by atoms with E-state index >= 15 is 0 Å². The number of thiocarbonyl (C=S) groups is 1. The maximum Gasteiger partial charge on any atom is 0.105 e. The fourth-order valence-electron chi connectivity index (χ4n) is 2.11. The number of nitrogens with zero attached hydrogens (tertiary/aromatic N) is 1. The van der Waals surface area contributed by atoms with E-state index in [-0.39, 0.29) is 0 Å². The second-order valence-corrected chi connectivity index (χ2v) is 5.76. The minimum Gasteiger partial charge on any atom is -0.389 e. The van der Waals surface area contributed by atoms with Crippen molar-refractivity contribution in [2.75, 3.05) is 18.0 Å². The first-order valence-corrected chi connectivity index (χ1v) is 7.24. The molecule has 18 heavy (non-hydrogen) atoms. The Hall–Kier alpha value is -0.800. The van der Waals surface area contributed by atoms with Crippen molar-refractivity contribution in [2.45, 2.75) is 26.2 Å². The highest BCUT2D eigenvalue weighted by molar-refractivity contribution is 7.80. The number of halogens is 1. The van der Waals surface area contributed by atoms with E-state index in [4.69, 9.17) is 29.6 Å². The minimum absolute atomic E-state index is 0.357. The van der Waals surface area contributed by atoms with E-state index in [9.17, 15) is 0 Å². The van der Waals surface area contributed by atoms with Gasteiger partial charge in [-0.15, -0.1) is 0 Å². The molecule has 4 heteroatoms. The van der Waals surface area contributed by atoms with Gasteiger partial charge in [-0.1, -0.05) is 30.7 Å². The summed E-state index contributed by atoms with van der Waals surface area (Å²) >= 11 is 11.2. The predicted molar refractivity (Wildman–Crippen MR) is 82.6 cm³/mol. The molecule has 1 saturated carbocycles. The molecule has 0 spiro atoms. The van der Waals surface area contributed by atoms with Gasteiger partial charge in [-0.25, -0.2) is 0 Å². The van der Waals surface area contributed by atoms with E-state index in [1.54, 1.807) is 0 Å². The molecule has 0 saturated heterocycles. The predicted octanol–water partition coefficient (Wildman–Crippen LogP) is 3.60. The summed E-state index contributed by atoms with van der Waals surface area (Å²) in [5.74, 6) is 0.866. The largest absolute Gasteiger partial charge is 0.389 e. The normalized spacial score (nSPS) is 14.6. The zero-order chi connectivity index (χ0) is 13.1. The molecule has 98 valence electrons. The first-order chi connectivity index (χ1) is 8.61. The minimum atomic E-state index is 0.357. The Bertz CT molecular complexity index is 443. The van der Waals surface area contributed by atoms with Crippen LogP contribution in [0.3, 0.4) is 0 Å². The third kappa shape index (κ3) is 3.36. The molecular formula is C14H19ClN2S. The first kappa shape index (κ1) is 13.6. The number of anilines is 1. The summed E-state index contributed by atoms with van der Waals surface area (Å²) in [5.41, 5.74) is 7.56. The molecule has 2 nitrogen and oxygen atoms in total. The van der Waals surface area contributed by atoms with Crippen molar-refractivity contribution in [1.82, 2.24) is 0 Å². The third-order valence-corrected chi connectivity index (χ3v) is 3.78. The number of hydrogen-bond donors (Lipinski definition) is 1. The molecule has 1 aromatic carbocycles. The van der Waals surface area contributed by atoms with E-state index in [0.29, 0.717) is 10.0 Å². The van der Waals surface area contributed by atoms with Gasteiger partial charge in [0.1, 0.15) is 4.99 Å². The Morgan fingerprint density at radius 1 is 1.50 bits per heavy atom. The van der Waals surface area contributed by atoms with Crippen molar-refractivity contribution >= 4 is 34.5 Å². The van der Waals surface area contributed by atoms with Crippen LogP contribution < -0.4 is 10.6 Å². The standard InChI is InChI=1S/C14H19ClN2S/c1-2-7-17(9-10-3-4-10)11-5-6-12(14(16)18)13(15)8-11/h5-6,8,10H,2-4,7,9H2,1H3,(H2,16,18). The van der Waals surface area contributed by atoms with Crippen LogP contribution in [0.1, 0.15) is 31.7 Å². The van der Waals surface area contributed by atoms with Crippen molar-refractivity contribution in [3.8, 4) is 0 Å². The lowest BCUT2D eigenvalue weighted by Gasteiger charge is -2.25. The topological polar surface area (TPSA) is 29.3 Å². The lowest BCUT2D eigenvalue weighted by atomic mass is 10.1. The molecule has 0 unspecified atom stereocenters. The summed E-state index contributed by atoms with van der Waals surface area (Å²) in [6.07, 6.45) is 3.86. The van der Waals surface area contributed by atoms with Crippen LogP contribution in [0.25, 0.3) is 0 Å². The van der Waals surface area contributed by atoms with Crippen LogP contribution in [-0.2, 0) is 0 Å². The maximum absolute atomic E-state index is 6.23. The van der Waals surface area contributed by atoms with Gasteiger partial charge in [-0.2, -0.15) is 0 Å². The van der Waals surface area contributed by atoms with Gasteiger partial charge in [0.25, 0.3) is 0 Å². The van der Waals surface area contributed by atoms with Crippen LogP contribution in [0.4, 0.5) is 5.69 Å². The zero-order valence-corrected chi connectivity index (χ0v) is 12.2. The van der Waals surface area contributed by atoms with Crippen LogP contribution in [0, 0.1) is 5.92 Å². The van der Waals surface area contributed by atoms with E-state index in [1.807, 2.05) is 12.1 Å². The summed E-state index contributed by atoms with van der Waals surface area (Å²) in [6, 6.07) is 5.97. The highest BCUT2D eigenvalue weighted by Gasteiger charge is 2.24. The summed E-state index contributed by atoms with van der Waals surface area (Å²) in [4.78, 5) is 2.77. The molecule has 0 aliphatic heterocycles. The van der Waals surface area contributed by atoms with Gasteiger partial charge in [-0.3, -0.25) is 0 Å². The number of benzene rings is 1. The molecule has 0 atom stereocenters. The summed E-state index contributed by atoms with van der Waals surface area (Å²) in [6.45, 7) is 4.40. The Morgan fingerprint density at radius 2 is 2.22 bits per heavy atom. The van der Waals surface area contributed by atoms with Gasteiger partial charge >= 0.3 is 0 Å². The monoisotopic (exact) mass is 282 g/mol.